The lowest BCUT2D eigenvalue weighted by molar-refractivity contribution is 0.0844. The van der Waals surface area contributed by atoms with Crippen LogP contribution in [0.25, 0.3) is 0 Å². The molecule has 0 saturated carbocycles. The van der Waals surface area contributed by atoms with Gasteiger partial charge in [0.25, 0.3) is 0 Å². The second kappa shape index (κ2) is 4.41. The molecule has 1 fully saturated rings. The number of nitrogens with zero attached hydrogens (tertiary/aromatic N) is 1. The Morgan fingerprint density at radius 3 is 2.71 bits per heavy atom. The highest BCUT2D eigenvalue weighted by molar-refractivity contribution is 9.10. The maximum atomic E-state index is 5.34. The largest absolute Gasteiger partial charge is 0.381 e. The number of pyridine rings is 1. The fourth-order valence-corrected chi connectivity index (χ4v) is 2.42. The smallest absolute Gasteiger partial charge is 0.0472 e. The molecule has 1 aliphatic rings. The summed E-state index contributed by atoms with van der Waals surface area (Å²) >= 11 is 3.51. The van der Waals surface area contributed by atoms with Gasteiger partial charge in [-0.25, -0.2) is 0 Å². The van der Waals surface area contributed by atoms with E-state index >= 15 is 0 Å². The lowest BCUT2D eigenvalue weighted by Gasteiger charge is -2.21. The summed E-state index contributed by atoms with van der Waals surface area (Å²) in [5, 5.41) is 0. The molecule has 2 rings (SSSR count). The Hall–Kier alpha value is -0.410. The number of hydrogen-bond donors (Lipinski definition) is 0. The van der Waals surface area contributed by atoms with Crippen LogP contribution in [-0.2, 0) is 4.74 Å². The van der Waals surface area contributed by atoms with Gasteiger partial charge >= 0.3 is 0 Å². The molecule has 0 bridgehead atoms. The zero-order valence-corrected chi connectivity index (χ0v) is 9.88. The average Bonchev–Trinajstić information content (AvgIpc) is 2.18. The van der Waals surface area contributed by atoms with Gasteiger partial charge in [0.2, 0.25) is 0 Å². The van der Waals surface area contributed by atoms with Gasteiger partial charge in [-0.1, -0.05) is 15.9 Å². The maximum absolute atomic E-state index is 5.34. The monoisotopic (exact) mass is 255 g/mol. The Morgan fingerprint density at radius 2 is 2.07 bits per heavy atom. The molecule has 0 aromatic carbocycles. The molecular weight excluding hydrogens is 242 g/mol. The van der Waals surface area contributed by atoms with Crippen molar-refractivity contribution >= 4 is 15.9 Å². The van der Waals surface area contributed by atoms with E-state index < -0.39 is 0 Å². The summed E-state index contributed by atoms with van der Waals surface area (Å²) in [5.41, 5.74) is 2.29. The fraction of sp³-hybridized carbons (Fsp3) is 0.545. The highest BCUT2D eigenvalue weighted by Crippen LogP contribution is 2.27. The van der Waals surface area contributed by atoms with Crippen LogP contribution in [-0.4, -0.2) is 18.2 Å². The quantitative estimate of drug-likeness (QED) is 0.770. The van der Waals surface area contributed by atoms with Gasteiger partial charge in [-0.15, -0.1) is 0 Å². The molecule has 0 unspecified atom stereocenters. The topological polar surface area (TPSA) is 22.1 Å². The van der Waals surface area contributed by atoms with Gasteiger partial charge < -0.3 is 4.74 Å². The van der Waals surface area contributed by atoms with E-state index in [0.717, 1.165) is 36.2 Å². The van der Waals surface area contributed by atoms with Gasteiger partial charge in [0.15, 0.2) is 0 Å². The molecule has 0 radical (unpaired) electrons. The predicted octanol–water partition coefficient (Wildman–Crippen LogP) is 3.05. The molecule has 0 amide bonds. The van der Waals surface area contributed by atoms with Crippen molar-refractivity contribution in [1.29, 1.82) is 0 Å². The van der Waals surface area contributed by atoms with Crippen LogP contribution in [0.4, 0.5) is 0 Å². The van der Waals surface area contributed by atoms with Gasteiger partial charge in [0.1, 0.15) is 0 Å². The van der Waals surface area contributed by atoms with E-state index in [4.69, 9.17) is 4.74 Å². The molecule has 0 spiro atoms. The van der Waals surface area contributed by atoms with E-state index in [1.807, 2.05) is 13.0 Å². The average molecular weight is 256 g/mol. The zero-order chi connectivity index (χ0) is 9.97. The first-order valence-electron chi connectivity index (χ1n) is 4.97. The van der Waals surface area contributed by atoms with Crippen LogP contribution in [0.15, 0.2) is 16.6 Å². The van der Waals surface area contributed by atoms with Crippen molar-refractivity contribution in [2.24, 2.45) is 0 Å². The van der Waals surface area contributed by atoms with Crippen LogP contribution < -0.4 is 0 Å². The molecule has 3 heteroatoms. The second-order valence-corrected chi connectivity index (χ2v) is 4.65. The Bertz CT molecular complexity index is 301. The van der Waals surface area contributed by atoms with Crippen molar-refractivity contribution in [2.75, 3.05) is 13.2 Å². The minimum Gasteiger partial charge on any atom is -0.381 e. The van der Waals surface area contributed by atoms with E-state index in [0.29, 0.717) is 5.92 Å². The summed E-state index contributed by atoms with van der Waals surface area (Å²) in [6.07, 6.45) is 2.20. The summed E-state index contributed by atoms with van der Waals surface area (Å²) in [4.78, 5) is 4.57. The summed E-state index contributed by atoms with van der Waals surface area (Å²) in [6, 6.07) is 4.17. The zero-order valence-electron chi connectivity index (χ0n) is 8.29. The molecule has 2 heterocycles. The molecule has 2 nitrogen and oxygen atoms in total. The summed E-state index contributed by atoms with van der Waals surface area (Å²) in [7, 11) is 0. The van der Waals surface area contributed by atoms with E-state index in [1.54, 1.807) is 0 Å². The Kier molecular flexibility index (Phi) is 3.19. The molecule has 1 aromatic rings. The van der Waals surface area contributed by atoms with E-state index in [2.05, 4.69) is 27.0 Å². The number of rotatable bonds is 1. The third-order valence-corrected chi connectivity index (χ3v) is 3.04. The molecule has 1 saturated heterocycles. The standard InChI is InChI=1S/C11H14BrNO/c1-8-6-10(12)7-11(13-8)9-2-4-14-5-3-9/h6-7,9H,2-5H2,1H3. The van der Waals surface area contributed by atoms with Gasteiger partial charge in [-0.3, -0.25) is 4.98 Å². The first kappa shape index (κ1) is 10.1. The molecule has 76 valence electrons. The minimum absolute atomic E-state index is 0.583. The van der Waals surface area contributed by atoms with E-state index in [1.165, 1.54) is 5.69 Å². The Morgan fingerprint density at radius 1 is 1.36 bits per heavy atom. The van der Waals surface area contributed by atoms with Crippen molar-refractivity contribution in [1.82, 2.24) is 4.98 Å². The third-order valence-electron chi connectivity index (χ3n) is 2.58. The van der Waals surface area contributed by atoms with Gasteiger partial charge in [0, 0.05) is 35.0 Å². The van der Waals surface area contributed by atoms with Crippen LogP contribution in [0, 0.1) is 6.92 Å². The number of halogens is 1. The van der Waals surface area contributed by atoms with E-state index in [-0.39, 0.29) is 0 Å². The normalized spacial score (nSPS) is 18.4. The first-order chi connectivity index (χ1) is 6.75. The van der Waals surface area contributed by atoms with E-state index in [9.17, 15) is 0 Å². The minimum atomic E-state index is 0.583. The van der Waals surface area contributed by atoms with Crippen molar-refractivity contribution in [3.8, 4) is 0 Å². The number of aromatic nitrogens is 1. The van der Waals surface area contributed by atoms with Gasteiger partial charge in [-0.05, 0) is 31.9 Å². The fourth-order valence-electron chi connectivity index (χ4n) is 1.85. The lowest BCUT2D eigenvalue weighted by Crippen LogP contribution is -2.15. The van der Waals surface area contributed by atoms with Crippen LogP contribution in [0.2, 0.25) is 0 Å². The molecule has 0 atom stereocenters. The Labute approximate surface area is 92.8 Å². The number of hydrogen-bond acceptors (Lipinski definition) is 2. The molecule has 1 aliphatic heterocycles. The maximum Gasteiger partial charge on any atom is 0.0472 e. The second-order valence-electron chi connectivity index (χ2n) is 3.74. The van der Waals surface area contributed by atoms with Crippen molar-refractivity contribution in [2.45, 2.75) is 25.7 Å². The molecule has 0 aliphatic carbocycles. The SMILES string of the molecule is Cc1cc(Br)cc(C2CCOCC2)n1. The lowest BCUT2D eigenvalue weighted by atomic mass is 9.96. The van der Waals surface area contributed by atoms with Crippen molar-refractivity contribution in [3.05, 3.63) is 28.0 Å². The van der Waals surface area contributed by atoms with Gasteiger partial charge in [0.05, 0.1) is 0 Å². The van der Waals surface area contributed by atoms with Crippen LogP contribution in [0.3, 0.4) is 0 Å². The highest BCUT2D eigenvalue weighted by Gasteiger charge is 2.17. The number of aryl methyl sites for hydroxylation is 1. The summed E-state index contributed by atoms with van der Waals surface area (Å²) < 4.78 is 6.47. The van der Waals surface area contributed by atoms with Gasteiger partial charge in [-0.2, -0.15) is 0 Å². The molecule has 0 N–H and O–H groups in total. The van der Waals surface area contributed by atoms with Crippen molar-refractivity contribution < 1.29 is 4.74 Å². The van der Waals surface area contributed by atoms with Crippen LogP contribution in [0.5, 0.6) is 0 Å². The third kappa shape index (κ3) is 2.34. The summed E-state index contributed by atoms with van der Waals surface area (Å²) in [6.45, 7) is 3.78. The predicted molar refractivity (Wildman–Crippen MR) is 59.5 cm³/mol. The molecule has 14 heavy (non-hydrogen) atoms. The van der Waals surface area contributed by atoms with Crippen LogP contribution >= 0.6 is 15.9 Å². The summed E-state index contributed by atoms with van der Waals surface area (Å²) in [5.74, 6) is 0.583. The van der Waals surface area contributed by atoms with Crippen LogP contribution in [0.1, 0.15) is 30.1 Å². The highest BCUT2D eigenvalue weighted by atomic mass is 79.9. The van der Waals surface area contributed by atoms with Crippen molar-refractivity contribution in [3.63, 3.8) is 0 Å². The molecular formula is C11H14BrNO. The molecule has 1 aromatic heterocycles. The number of ether oxygens (including phenoxy) is 1. The first-order valence-corrected chi connectivity index (χ1v) is 5.77. The Balaban J connectivity index is 2.21.